The van der Waals surface area contributed by atoms with Crippen LogP contribution in [0.3, 0.4) is 0 Å². The standard InChI is InChI=1S/C31H40BrFN2O4.C21H30BrFN2/c1-37-28-17-24(18-29(38-2)30(28)39-3)31(36)35(20-25(32)16-22-11-13-26(33)14-12-22)21-27-10-7-15-34(27)19-23-8-5-4-6-9-23;22-19(13-17-8-10-20(23)11-9-17)14-24-15-21-7-4-12-25(21)16-18-5-2-1-3-6-18/h11-14,16-18,23,27H,4-10,15,19-21H2,1-3H3;8-11,13,18,21,24H,1-7,12,14-16H2/b25-16-;19-13-. The van der Waals surface area contributed by atoms with Gasteiger partial charge in [-0.05, 0) is 136 Å². The third-order valence-electron chi connectivity index (χ3n) is 13.5. The number of nitrogens with zero attached hydrogens (tertiary/aromatic N) is 3. The van der Waals surface area contributed by atoms with Crippen molar-refractivity contribution in [2.75, 3.05) is 73.7 Å². The largest absolute Gasteiger partial charge is 0.493 e. The summed E-state index contributed by atoms with van der Waals surface area (Å²) >= 11 is 7.32. The zero-order chi connectivity index (χ0) is 45.3. The molecule has 2 heterocycles. The zero-order valence-electron chi connectivity index (χ0n) is 38.3. The number of benzene rings is 3. The highest BCUT2D eigenvalue weighted by molar-refractivity contribution is 9.12. The first-order chi connectivity index (χ1) is 31.1. The summed E-state index contributed by atoms with van der Waals surface area (Å²) in [5, 5.41) is 3.60. The molecule has 2 atom stereocenters. The third kappa shape index (κ3) is 15.4. The second-order valence-corrected chi connectivity index (χ2v) is 20.1. The van der Waals surface area contributed by atoms with Gasteiger partial charge in [-0.1, -0.05) is 94.7 Å². The molecule has 64 heavy (non-hydrogen) atoms. The van der Waals surface area contributed by atoms with Gasteiger partial charge in [-0.15, -0.1) is 0 Å². The topological polar surface area (TPSA) is 66.5 Å². The first kappa shape index (κ1) is 50.1. The van der Waals surface area contributed by atoms with Gasteiger partial charge in [-0.3, -0.25) is 14.6 Å². The number of carbonyl (C=O) groups excluding carboxylic acids is 1. The molecule has 350 valence electrons. The van der Waals surface area contributed by atoms with Crippen LogP contribution in [0.5, 0.6) is 17.2 Å². The van der Waals surface area contributed by atoms with E-state index in [9.17, 15) is 13.6 Å². The number of likely N-dealkylation sites (tertiary alicyclic amines) is 2. The molecule has 2 saturated carbocycles. The molecule has 2 saturated heterocycles. The predicted octanol–water partition coefficient (Wildman–Crippen LogP) is 12.0. The van der Waals surface area contributed by atoms with E-state index in [2.05, 4.69) is 53.1 Å². The van der Waals surface area contributed by atoms with Gasteiger partial charge >= 0.3 is 0 Å². The van der Waals surface area contributed by atoms with E-state index >= 15 is 0 Å². The Hall–Kier alpha value is -3.29. The Morgan fingerprint density at radius 2 is 1.16 bits per heavy atom. The van der Waals surface area contributed by atoms with Crippen molar-refractivity contribution in [2.45, 2.75) is 102 Å². The maximum Gasteiger partial charge on any atom is 0.254 e. The average molecular weight is 1010 g/mol. The minimum absolute atomic E-state index is 0.108. The highest BCUT2D eigenvalue weighted by Crippen LogP contribution is 2.39. The molecule has 0 spiro atoms. The Kier molecular flexibility index (Phi) is 20.5. The van der Waals surface area contributed by atoms with Crippen molar-refractivity contribution < 1.29 is 27.8 Å². The van der Waals surface area contributed by atoms with E-state index < -0.39 is 0 Å². The molecule has 1 N–H and O–H groups in total. The molecule has 12 heteroatoms. The van der Waals surface area contributed by atoms with Crippen LogP contribution in [0.25, 0.3) is 12.2 Å². The van der Waals surface area contributed by atoms with Gasteiger partial charge in [0.05, 0.1) is 27.9 Å². The molecular formula is C52H70Br2F2N4O4. The Bertz CT molecular complexity index is 1930. The number of carbonyl (C=O) groups is 1. The van der Waals surface area contributed by atoms with Crippen LogP contribution in [0.2, 0.25) is 0 Å². The van der Waals surface area contributed by atoms with Gasteiger partial charge in [0.25, 0.3) is 5.91 Å². The molecule has 2 aliphatic carbocycles. The fraction of sp³-hybridized carbons (Fsp3) is 0.558. The molecule has 4 fully saturated rings. The first-order valence-electron chi connectivity index (χ1n) is 23.6. The van der Waals surface area contributed by atoms with Gasteiger partial charge in [0, 0.05) is 59.3 Å². The normalized spacial score (nSPS) is 20.5. The molecule has 0 bridgehead atoms. The van der Waals surface area contributed by atoms with Crippen LogP contribution in [0.15, 0.2) is 69.6 Å². The lowest BCUT2D eigenvalue weighted by atomic mass is 9.89. The summed E-state index contributed by atoms with van der Waals surface area (Å²) in [5.74, 6) is 2.45. The second-order valence-electron chi connectivity index (χ2n) is 18.1. The van der Waals surface area contributed by atoms with Crippen molar-refractivity contribution in [1.82, 2.24) is 20.0 Å². The lowest BCUT2D eigenvalue weighted by molar-refractivity contribution is 0.0712. The van der Waals surface area contributed by atoms with E-state index in [-0.39, 0.29) is 17.5 Å². The number of amides is 1. The van der Waals surface area contributed by atoms with Crippen molar-refractivity contribution in [3.63, 3.8) is 0 Å². The van der Waals surface area contributed by atoms with Crippen LogP contribution in [-0.4, -0.2) is 106 Å². The highest BCUT2D eigenvalue weighted by atomic mass is 79.9. The van der Waals surface area contributed by atoms with Crippen molar-refractivity contribution in [2.24, 2.45) is 11.8 Å². The number of hydrogen-bond acceptors (Lipinski definition) is 7. The van der Waals surface area contributed by atoms with Gasteiger partial charge in [-0.25, -0.2) is 8.78 Å². The maximum absolute atomic E-state index is 14.1. The van der Waals surface area contributed by atoms with Gasteiger partial charge in [0.15, 0.2) is 11.5 Å². The number of halogens is 4. The van der Waals surface area contributed by atoms with Crippen LogP contribution in [0, 0.1) is 23.5 Å². The van der Waals surface area contributed by atoms with E-state index in [1.807, 2.05) is 11.0 Å². The van der Waals surface area contributed by atoms with Gasteiger partial charge in [-0.2, -0.15) is 0 Å². The first-order valence-corrected chi connectivity index (χ1v) is 25.2. The van der Waals surface area contributed by atoms with Crippen molar-refractivity contribution in [3.8, 4) is 17.2 Å². The molecule has 3 aromatic rings. The Labute approximate surface area is 398 Å². The number of rotatable bonds is 18. The smallest absolute Gasteiger partial charge is 0.254 e. The van der Waals surface area contributed by atoms with E-state index in [0.717, 1.165) is 70.9 Å². The van der Waals surface area contributed by atoms with Gasteiger partial charge in [0.2, 0.25) is 5.75 Å². The predicted molar refractivity (Wildman–Crippen MR) is 264 cm³/mol. The summed E-state index contributed by atoms with van der Waals surface area (Å²) in [4.78, 5) is 21.3. The minimum atomic E-state index is -0.276. The summed E-state index contributed by atoms with van der Waals surface area (Å²) in [7, 11) is 4.65. The number of ether oxygens (including phenoxy) is 3. The van der Waals surface area contributed by atoms with E-state index in [0.29, 0.717) is 48.0 Å². The number of methoxy groups -OCH3 is 3. The van der Waals surface area contributed by atoms with Crippen molar-refractivity contribution in [3.05, 3.63) is 98.0 Å². The van der Waals surface area contributed by atoms with Crippen molar-refractivity contribution in [1.29, 1.82) is 0 Å². The Morgan fingerprint density at radius 3 is 1.66 bits per heavy atom. The van der Waals surface area contributed by atoms with Gasteiger partial charge in [0.1, 0.15) is 11.6 Å². The quantitative estimate of drug-likeness (QED) is 0.136. The fourth-order valence-electron chi connectivity index (χ4n) is 10.1. The lowest BCUT2D eigenvalue weighted by Gasteiger charge is -2.34. The minimum Gasteiger partial charge on any atom is -0.493 e. The van der Waals surface area contributed by atoms with E-state index in [1.54, 1.807) is 57.7 Å². The monoisotopic (exact) mass is 1010 g/mol. The molecule has 0 radical (unpaired) electrons. The average Bonchev–Trinajstić information content (AvgIpc) is 3.95. The molecular weight excluding hydrogens is 942 g/mol. The molecule has 2 aliphatic heterocycles. The molecule has 7 rings (SSSR count). The molecule has 4 aliphatic rings. The van der Waals surface area contributed by atoms with Crippen LogP contribution in [0.4, 0.5) is 8.78 Å². The summed E-state index contributed by atoms with van der Waals surface area (Å²) in [5.41, 5.74) is 2.36. The Morgan fingerprint density at radius 1 is 0.672 bits per heavy atom. The molecule has 1 amide bonds. The number of hydrogen-bond donors (Lipinski definition) is 1. The number of nitrogens with one attached hydrogen (secondary N) is 1. The highest BCUT2D eigenvalue weighted by Gasteiger charge is 2.32. The van der Waals surface area contributed by atoms with Gasteiger partial charge < -0.3 is 24.4 Å². The SMILES string of the molecule is COc1cc(C(=O)N(C/C(Br)=C/c2ccc(F)cc2)CC2CCCN2CC2CCCCC2)cc(OC)c1OC.Fc1ccc(/C=C(\Br)CNCC2CCCN2CC2CCCCC2)cc1. The summed E-state index contributed by atoms with van der Waals surface area (Å²) < 4.78 is 44.8. The van der Waals surface area contributed by atoms with Crippen molar-refractivity contribution >= 4 is 49.9 Å². The zero-order valence-corrected chi connectivity index (χ0v) is 41.5. The molecule has 3 aromatic carbocycles. The van der Waals surface area contributed by atoms with Crippen LogP contribution in [0.1, 0.15) is 111 Å². The lowest BCUT2D eigenvalue weighted by Crippen LogP contribution is -2.45. The fourth-order valence-corrected chi connectivity index (χ4v) is 11.1. The van der Waals surface area contributed by atoms with E-state index in [1.165, 1.54) is 114 Å². The third-order valence-corrected chi connectivity index (χ3v) is 14.5. The molecule has 0 aromatic heterocycles. The second kappa shape index (κ2) is 26.2. The molecule has 8 nitrogen and oxygen atoms in total. The summed E-state index contributed by atoms with van der Waals surface area (Å²) in [6.07, 6.45) is 22.7. The maximum atomic E-state index is 14.1. The molecule has 2 unspecified atom stereocenters. The van der Waals surface area contributed by atoms with Crippen LogP contribution in [-0.2, 0) is 0 Å². The summed E-state index contributed by atoms with van der Waals surface area (Å²) in [6, 6.07) is 17.4. The Balaban J connectivity index is 0.000000234. The van der Waals surface area contributed by atoms with E-state index in [4.69, 9.17) is 14.2 Å². The van der Waals surface area contributed by atoms with Crippen LogP contribution < -0.4 is 19.5 Å². The van der Waals surface area contributed by atoms with Crippen LogP contribution >= 0.6 is 31.9 Å². The summed E-state index contributed by atoms with van der Waals surface area (Å²) in [6.45, 7) is 7.66.